The Morgan fingerprint density at radius 1 is 0.939 bits per heavy atom. The summed E-state index contributed by atoms with van der Waals surface area (Å²) in [4.78, 5) is 17.3. The average molecular weight is 464 g/mol. The number of nitrogens with zero attached hydrogens (tertiary/aromatic N) is 3. The second-order valence-electron chi connectivity index (χ2n) is 8.20. The molecular weight excluding hydrogens is 438 g/mol. The highest BCUT2D eigenvalue weighted by Gasteiger charge is 2.16. The lowest BCUT2D eigenvalue weighted by Gasteiger charge is -2.11. The van der Waals surface area contributed by atoms with Crippen LogP contribution >= 0.6 is 0 Å². The van der Waals surface area contributed by atoms with Gasteiger partial charge in [-0.25, -0.2) is 18.1 Å². The largest absolute Gasteiger partial charge is 0.321 e. The highest BCUT2D eigenvalue weighted by molar-refractivity contribution is 7.92. The number of carbonyl (C=O) groups is 1. The van der Waals surface area contributed by atoms with Gasteiger partial charge in [-0.05, 0) is 81.3 Å². The fourth-order valence-corrected chi connectivity index (χ4v) is 4.52. The molecule has 4 aromatic rings. The van der Waals surface area contributed by atoms with Crippen molar-refractivity contribution in [1.29, 1.82) is 0 Å². The smallest absolute Gasteiger partial charge is 0.261 e. The molecule has 4 rings (SSSR count). The monoisotopic (exact) mass is 463 g/mol. The van der Waals surface area contributed by atoms with Crippen LogP contribution in [0.5, 0.6) is 0 Å². The third-order valence-corrected chi connectivity index (χ3v) is 6.75. The van der Waals surface area contributed by atoms with E-state index >= 15 is 0 Å². The molecule has 0 saturated heterocycles. The summed E-state index contributed by atoms with van der Waals surface area (Å²) in [6, 6.07) is 13.2. The number of sulfonamides is 1. The lowest BCUT2D eigenvalue weighted by atomic mass is 10.1. The maximum absolute atomic E-state index is 12.7. The molecule has 0 unspecified atom stereocenters. The van der Waals surface area contributed by atoms with Crippen LogP contribution in [0.15, 0.2) is 65.8 Å². The van der Waals surface area contributed by atoms with Gasteiger partial charge in [0.05, 0.1) is 23.0 Å². The molecule has 0 aliphatic rings. The molecule has 9 heteroatoms. The first-order valence-electron chi connectivity index (χ1n) is 10.5. The summed E-state index contributed by atoms with van der Waals surface area (Å²) in [5, 5.41) is 7.98. The predicted molar refractivity (Wildman–Crippen MR) is 129 cm³/mol. The maximum Gasteiger partial charge on any atom is 0.261 e. The van der Waals surface area contributed by atoms with Crippen LogP contribution in [-0.2, 0) is 10.0 Å². The van der Waals surface area contributed by atoms with Crippen LogP contribution in [0.4, 0.5) is 11.4 Å². The number of anilines is 2. The maximum atomic E-state index is 12.7. The van der Waals surface area contributed by atoms with Crippen molar-refractivity contribution in [2.24, 2.45) is 0 Å². The number of fused-ring (bicyclic) bond motifs is 1. The Morgan fingerprint density at radius 3 is 2.33 bits per heavy atom. The summed E-state index contributed by atoms with van der Waals surface area (Å²) in [5.74, 6) is -0.323. The van der Waals surface area contributed by atoms with Gasteiger partial charge in [-0.3, -0.25) is 9.52 Å². The molecule has 0 radical (unpaired) electrons. The van der Waals surface area contributed by atoms with E-state index in [0.717, 1.165) is 22.2 Å². The normalized spacial score (nSPS) is 11.7. The number of aromatic nitrogens is 3. The summed E-state index contributed by atoms with van der Waals surface area (Å²) in [7, 11) is -3.73. The highest BCUT2D eigenvalue weighted by Crippen LogP contribution is 2.21. The molecule has 1 amide bonds. The number of rotatable bonds is 6. The van der Waals surface area contributed by atoms with Gasteiger partial charge in [0.15, 0.2) is 5.65 Å². The van der Waals surface area contributed by atoms with Crippen molar-refractivity contribution in [2.75, 3.05) is 10.0 Å². The molecule has 0 spiro atoms. The van der Waals surface area contributed by atoms with Gasteiger partial charge in [-0.15, -0.1) is 0 Å². The Kier molecular flexibility index (Phi) is 5.90. The van der Waals surface area contributed by atoms with Crippen molar-refractivity contribution in [2.45, 2.75) is 38.6 Å². The fourth-order valence-electron chi connectivity index (χ4n) is 3.37. The van der Waals surface area contributed by atoms with Gasteiger partial charge in [0, 0.05) is 22.7 Å². The SMILES string of the molecule is Cc1ccc(S(=O)(=O)Nc2ccc(C(=O)Nc3cnc4c(cnn4C(C)C)c3)cc2)cc1C. The van der Waals surface area contributed by atoms with E-state index in [-0.39, 0.29) is 16.8 Å². The molecule has 33 heavy (non-hydrogen) atoms. The number of hydrogen-bond acceptors (Lipinski definition) is 5. The lowest BCUT2D eigenvalue weighted by Crippen LogP contribution is -2.14. The van der Waals surface area contributed by atoms with Crippen LogP contribution in [0.2, 0.25) is 0 Å². The Labute approximate surface area is 192 Å². The Hall–Kier alpha value is -3.72. The van der Waals surface area contributed by atoms with Crippen LogP contribution < -0.4 is 10.0 Å². The predicted octanol–water partition coefficient (Wildman–Crippen LogP) is 4.68. The van der Waals surface area contributed by atoms with E-state index in [9.17, 15) is 13.2 Å². The summed E-state index contributed by atoms with van der Waals surface area (Å²) < 4.78 is 29.7. The van der Waals surface area contributed by atoms with Crippen molar-refractivity contribution >= 4 is 38.3 Å². The van der Waals surface area contributed by atoms with Crippen LogP contribution in [0, 0.1) is 13.8 Å². The Bertz CT molecular complexity index is 1440. The zero-order valence-electron chi connectivity index (χ0n) is 18.8. The van der Waals surface area contributed by atoms with Gasteiger partial charge in [0.2, 0.25) is 0 Å². The molecule has 0 fully saturated rings. The molecule has 2 heterocycles. The molecule has 2 aromatic carbocycles. The third-order valence-electron chi connectivity index (χ3n) is 5.37. The Morgan fingerprint density at radius 2 is 1.67 bits per heavy atom. The van der Waals surface area contributed by atoms with Crippen molar-refractivity contribution < 1.29 is 13.2 Å². The molecule has 0 bridgehead atoms. The van der Waals surface area contributed by atoms with Gasteiger partial charge in [-0.2, -0.15) is 5.10 Å². The van der Waals surface area contributed by atoms with Gasteiger partial charge in [0.25, 0.3) is 15.9 Å². The van der Waals surface area contributed by atoms with E-state index in [1.807, 2.05) is 38.4 Å². The van der Waals surface area contributed by atoms with Gasteiger partial charge < -0.3 is 5.32 Å². The van der Waals surface area contributed by atoms with Crippen LogP contribution in [0.1, 0.15) is 41.4 Å². The van der Waals surface area contributed by atoms with Crippen LogP contribution in [-0.4, -0.2) is 29.1 Å². The summed E-state index contributed by atoms with van der Waals surface area (Å²) in [6.45, 7) is 7.84. The molecule has 0 saturated carbocycles. The first-order valence-corrected chi connectivity index (χ1v) is 12.0. The first kappa shape index (κ1) is 22.5. The van der Waals surface area contributed by atoms with Gasteiger partial charge in [-0.1, -0.05) is 6.07 Å². The van der Waals surface area contributed by atoms with Crippen molar-refractivity contribution in [1.82, 2.24) is 14.8 Å². The third kappa shape index (κ3) is 4.73. The van der Waals surface area contributed by atoms with Crippen molar-refractivity contribution in [3.8, 4) is 0 Å². The molecule has 0 aliphatic heterocycles. The summed E-state index contributed by atoms with van der Waals surface area (Å²) >= 11 is 0. The number of nitrogens with one attached hydrogen (secondary N) is 2. The minimum absolute atomic E-state index is 0.182. The second kappa shape index (κ2) is 8.67. The molecule has 2 aromatic heterocycles. The zero-order valence-corrected chi connectivity index (χ0v) is 19.6. The summed E-state index contributed by atoms with van der Waals surface area (Å²) in [6.07, 6.45) is 3.31. The lowest BCUT2D eigenvalue weighted by molar-refractivity contribution is 0.102. The van der Waals surface area contributed by atoms with Crippen LogP contribution in [0.25, 0.3) is 11.0 Å². The molecular formula is C24H25N5O3S. The van der Waals surface area contributed by atoms with E-state index in [2.05, 4.69) is 20.1 Å². The number of carbonyl (C=O) groups excluding carboxylic acids is 1. The molecule has 170 valence electrons. The average Bonchev–Trinajstić information content (AvgIpc) is 3.19. The molecule has 2 N–H and O–H groups in total. The number of hydrogen-bond donors (Lipinski definition) is 2. The standard InChI is InChI=1S/C24H25N5O3S/c1-15(2)29-23-19(13-26-29)12-21(14-25-23)27-24(30)18-6-8-20(9-7-18)28-33(31,32)22-10-5-16(3)17(4)11-22/h5-15,28H,1-4H3,(H,27,30). The number of benzene rings is 2. The highest BCUT2D eigenvalue weighted by atomic mass is 32.2. The zero-order chi connectivity index (χ0) is 23.8. The Balaban J connectivity index is 1.47. The van der Waals surface area contributed by atoms with E-state index in [4.69, 9.17) is 0 Å². The number of pyridine rings is 1. The van der Waals surface area contributed by atoms with E-state index in [0.29, 0.717) is 16.9 Å². The molecule has 0 atom stereocenters. The molecule has 8 nitrogen and oxygen atoms in total. The minimum atomic E-state index is -3.73. The van der Waals surface area contributed by atoms with Crippen molar-refractivity contribution in [3.05, 3.63) is 77.6 Å². The van der Waals surface area contributed by atoms with Crippen LogP contribution in [0.3, 0.4) is 0 Å². The van der Waals surface area contributed by atoms with Crippen molar-refractivity contribution in [3.63, 3.8) is 0 Å². The first-order chi connectivity index (χ1) is 15.6. The quantitative estimate of drug-likeness (QED) is 0.432. The number of aryl methyl sites for hydroxylation is 2. The van der Waals surface area contributed by atoms with Gasteiger partial charge in [0.1, 0.15) is 0 Å². The second-order valence-corrected chi connectivity index (χ2v) is 9.89. The topological polar surface area (TPSA) is 106 Å². The fraction of sp³-hybridized carbons (Fsp3) is 0.208. The minimum Gasteiger partial charge on any atom is -0.321 e. The van der Waals surface area contributed by atoms with E-state index in [1.54, 1.807) is 54.9 Å². The number of amides is 1. The van der Waals surface area contributed by atoms with E-state index in [1.165, 1.54) is 0 Å². The summed E-state index contributed by atoms with van der Waals surface area (Å²) in [5.41, 5.74) is 3.98. The van der Waals surface area contributed by atoms with E-state index < -0.39 is 10.0 Å². The molecule has 0 aliphatic carbocycles. The van der Waals surface area contributed by atoms with Gasteiger partial charge >= 0.3 is 0 Å².